The van der Waals surface area contributed by atoms with Crippen molar-refractivity contribution >= 4 is 17.6 Å². The van der Waals surface area contributed by atoms with Gasteiger partial charge in [-0.25, -0.2) is 4.79 Å². The molecule has 0 aromatic heterocycles. The molecule has 6 heteroatoms. The molecule has 0 radical (unpaired) electrons. The van der Waals surface area contributed by atoms with Crippen molar-refractivity contribution in [1.29, 1.82) is 0 Å². The largest absolute Gasteiger partial charge is 0.497 e. The summed E-state index contributed by atoms with van der Waals surface area (Å²) in [6.07, 6.45) is -0.747. The molecule has 0 unspecified atom stereocenters. The zero-order chi connectivity index (χ0) is 18.2. The maximum atomic E-state index is 12.4. The fraction of sp³-hybridized carbons (Fsp3) is 0.263. The SMILES string of the molecule is CCOC(=O)c1ccccc1NC(=O)[C@@H](C)Oc1ccc(OC)cc1. The lowest BCUT2D eigenvalue weighted by molar-refractivity contribution is -0.122. The lowest BCUT2D eigenvalue weighted by atomic mass is 10.1. The van der Waals surface area contributed by atoms with Gasteiger partial charge in [0.05, 0.1) is 25.0 Å². The van der Waals surface area contributed by atoms with Crippen LogP contribution in [-0.4, -0.2) is 31.7 Å². The standard InChI is InChI=1S/C19H21NO5/c1-4-24-19(22)16-7-5-6-8-17(16)20-18(21)13(2)25-15-11-9-14(23-3)10-12-15/h5-13H,4H2,1-3H3,(H,20,21)/t13-/m1/s1. The van der Waals surface area contributed by atoms with Crippen LogP contribution in [0.25, 0.3) is 0 Å². The van der Waals surface area contributed by atoms with E-state index in [4.69, 9.17) is 14.2 Å². The summed E-state index contributed by atoms with van der Waals surface area (Å²) in [4.78, 5) is 24.3. The third kappa shape index (κ3) is 4.97. The summed E-state index contributed by atoms with van der Waals surface area (Å²) in [7, 11) is 1.58. The molecule has 6 nitrogen and oxygen atoms in total. The van der Waals surface area contributed by atoms with Gasteiger partial charge < -0.3 is 19.5 Å². The van der Waals surface area contributed by atoms with Crippen LogP contribution >= 0.6 is 0 Å². The van der Waals surface area contributed by atoms with E-state index in [9.17, 15) is 9.59 Å². The molecule has 0 aliphatic heterocycles. The van der Waals surface area contributed by atoms with Crippen molar-refractivity contribution in [2.45, 2.75) is 20.0 Å². The molecule has 0 aliphatic carbocycles. The molecule has 0 saturated heterocycles. The Labute approximate surface area is 146 Å². The maximum Gasteiger partial charge on any atom is 0.340 e. The first-order valence-corrected chi connectivity index (χ1v) is 7.93. The third-order valence-electron chi connectivity index (χ3n) is 3.42. The van der Waals surface area contributed by atoms with Gasteiger partial charge in [-0.1, -0.05) is 12.1 Å². The second-order valence-electron chi connectivity index (χ2n) is 5.19. The number of benzene rings is 2. The first-order valence-electron chi connectivity index (χ1n) is 7.93. The van der Waals surface area contributed by atoms with Gasteiger partial charge in [-0.05, 0) is 50.2 Å². The van der Waals surface area contributed by atoms with Gasteiger partial charge in [-0.2, -0.15) is 0 Å². The molecule has 0 heterocycles. The van der Waals surface area contributed by atoms with Crippen LogP contribution in [0.4, 0.5) is 5.69 Å². The maximum absolute atomic E-state index is 12.4. The van der Waals surface area contributed by atoms with Gasteiger partial charge in [0, 0.05) is 0 Å². The van der Waals surface area contributed by atoms with E-state index in [-0.39, 0.29) is 12.5 Å². The van der Waals surface area contributed by atoms with E-state index in [2.05, 4.69) is 5.32 Å². The summed E-state index contributed by atoms with van der Waals surface area (Å²) in [5, 5.41) is 2.70. The Hall–Kier alpha value is -3.02. The van der Waals surface area contributed by atoms with E-state index >= 15 is 0 Å². The lowest BCUT2D eigenvalue weighted by Gasteiger charge is -2.16. The normalized spacial score (nSPS) is 11.3. The second kappa shape index (κ2) is 8.73. The van der Waals surface area contributed by atoms with Crippen molar-refractivity contribution in [3.63, 3.8) is 0 Å². The molecule has 1 atom stereocenters. The number of nitrogens with one attached hydrogen (secondary N) is 1. The van der Waals surface area contributed by atoms with Crippen LogP contribution in [0.2, 0.25) is 0 Å². The van der Waals surface area contributed by atoms with E-state index in [1.165, 1.54) is 0 Å². The molecule has 0 spiro atoms. The summed E-state index contributed by atoms with van der Waals surface area (Å²) in [6.45, 7) is 3.62. The molecule has 1 amide bonds. The number of ether oxygens (including phenoxy) is 3. The predicted octanol–water partition coefficient (Wildman–Crippen LogP) is 3.28. The number of carbonyl (C=O) groups excluding carboxylic acids is 2. The molecule has 0 bridgehead atoms. The van der Waals surface area contributed by atoms with Crippen molar-refractivity contribution in [2.75, 3.05) is 19.0 Å². The van der Waals surface area contributed by atoms with Crippen molar-refractivity contribution < 1.29 is 23.8 Å². The van der Waals surface area contributed by atoms with E-state index in [1.807, 2.05) is 0 Å². The number of para-hydroxylation sites is 1. The van der Waals surface area contributed by atoms with Crippen LogP contribution in [0.1, 0.15) is 24.2 Å². The Kier molecular flexibility index (Phi) is 6.39. The third-order valence-corrected chi connectivity index (χ3v) is 3.42. The smallest absolute Gasteiger partial charge is 0.340 e. The van der Waals surface area contributed by atoms with Gasteiger partial charge in [-0.3, -0.25) is 4.79 Å². The van der Waals surface area contributed by atoms with Crippen molar-refractivity contribution in [1.82, 2.24) is 0 Å². The van der Waals surface area contributed by atoms with Crippen LogP contribution in [-0.2, 0) is 9.53 Å². The highest BCUT2D eigenvalue weighted by molar-refractivity contribution is 6.02. The number of hydrogen-bond donors (Lipinski definition) is 1. The van der Waals surface area contributed by atoms with Gasteiger partial charge in [0.25, 0.3) is 5.91 Å². The van der Waals surface area contributed by atoms with Crippen molar-refractivity contribution in [2.24, 2.45) is 0 Å². The number of carbonyl (C=O) groups is 2. The number of hydrogen-bond acceptors (Lipinski definition) is 5. The minimum atomic E-state index is -0.747. The zero-order valence-corrected chi connectivity index (χ0v) is 14.4. The van der Waals surface area contributed by atoms with Crippen LogP contribution < -0.4 is 14.8 Å². The highest BCUT2D eigenvalue weighted by Gasteiger charge is 2.19. The van der Waals surface area contributed by atoms with E-state index < -0.39 is 12.1 Å². The van der Waals surface area contributed by atoms with E-state index in [0.717, 1.165) is 0 Å². The van der Waals surface area contributed by atoms with Crippen LogP contribution in [0.5, 0.6) is 11.5 Å². The zero-order valence-electron chi connectivity index (χ0n) is 14.4. The molecule has 0 fully saturated rings. The molecular formula is C19H21NO5. The number of esters is 1. The first-order chi connectivity index (χ1) is 12.0. The van der Waals surface area contributed by atoms with Gasteiger partial charge in [0.2, 0.25) is 0 Å². The number of rotatable bonds is 7. The Balaban J connectivity index is 2.04. The Morgan fingerprint density at radius 2 is 1.68 bits per heavy atom. The summed E-state index contributed by atoms with van der Waals surface area (Å²) in [6, 6.07) is 13.6. The van der Waals surface area contributed by atoms with E-state index in [0.29, 0.717) is 22.7 Å². The summed E-state index contributed by atoms with van der Waals surface area (Å²) in [5.74, 6) is 0.393. The number of methoxy groups -OCH3 is 1. The average Bonchev–Trinajstić information content (AvgIpc) is 2.63. The minimum absolute atomic E-state index is 0.262. The van der Waals surface area contributed by atoms with Crippen LogP contribution in [0.3, 0.4) is 0 Å². The van der Waals surface area contributed by atoms with Gasteiger partial charge in [0.15, 0.2) is 6.10 Å². The minimum Gasteiger partial charge on any atom is -0.497 e. The fourth-order valence-corrected chi connectivity index (χ4v) is 2.13. The van der Waals surface area contributed by atoms with E-state index in [1.54, 1.807) is 69.5 Å². The molecule has 2 aromatic carbocycles. The van der Waals surface area contributed by atoms with Crippen LogP contribution in [0, 0.1) is 0 Å². The number of amides is 1. The van der Waals surface area contributed by atoms with Gasteiger partial charge >= 0.3 is 5.97 Å². The first kappa shape index (κ1) is 18.3. The lowest BCUT2D eigenvalue weighted by Crippen LogP contribution is -2.30. The summed E-state index contributed by atoms with van der Waals surface area (Å²) < 4.78 is 15.7. The summed E-state index contributed by atoms with van der Waals surface area (Å²) in [5.41, 5.74) is 0.686. The monoisotopic (exact) mass is 343 g/mol. The molecule has 132 valence electrons. The van der Waals surface area contributed by atoms with Gasteiger partial charge in [0.1, 0.15) is 11.5 Å². The Morgan fingerprint density at radius 3 is 2.32 bits per heavy atom. The molecule has 25 heavy (non-hydrogen) atoms. The predicted molar refractivity (Wildman–Crippen MR) is 94.1 cm³/mol. The quantitative estimate of drug-likeness (QED) is 0.781. The molecule has 2 aromatic rings. The van der Waals surface area contributed by atoms with Crippen LogP contribution in [0.15, 0.2) is 48.5 Å². The van der Waals surface area contributed by atoms with Crippen molar-refractivity contribution in [3.8, 4) is 11.5 Å². The second-order valence-corrected chi connectivity index (χ2v) is 5.19. The number of anilines is 1. The molecule has 1 N–H and O–H groups in total. The molecule has 0 aliphatic rings. The fourth-order valence-electron chi connectivity index (χ4n) is 2.13. The Morgan fingerprint density at radius 1 is 1.04 bits per heavy atom. The summed E-state index contributed by atoms with van der Waals surface area (Å²) >= 11 is 0. The average molecular weight is 343 g/mol. The highest BCUT2D eigenvalue weighted by atomic mass is 16.5. The topological polar surface area (TPSA) is 73.9 Å². The van der Waals surface area contributed by atoms with Crippen molar-refractivity contribution in [3.05, 3.63) is 54.1 Å². The highest BCUT2D eigenvalue weighted by Crippen LogP contribution is 2.20. The molecule has 0 saturated carbocycles. The molecule has 2 rings (SSSR count). The van der Waals surface area contributed by atoms with Gasteiger partial charge in [-0.15, -0.1) is 0 Å². The molecular weight excluding hydrogens is 322 g/mol. The Bertz CT molecular complexity index is 727.